The Bertz CT molecular complexity index is 599. The molecule has 0 aromatic carbocycles. The van der Waals surface area contributed by atoms with Gasteiger partial charge >= 0.3 is 5.97 Å². The highest BCUT2D eigenvalue weighted by atomic mass is 32.1. The van der Waals surface area contributed by atoms with Crippen LogP contribution in [-0.2, 0) is 4.74 Å². The molecule has 2 aromatic heterocycles. The maximum Gasteiger partial charge on any atom is 0.356 e. The van der Waals surface area contributed by atoms with Crippen LogP contribution in [0.3, 0.4) is 0 Å². The largest absolute Gasteiger partial charge is 0.464 e. The van der Waals surface area contributed by atoms with Gasteiger partial charge in [0.25, 0.3) is 0 Å². The molecule has 0 amide bonds. The van der Waals surface area contributed by atoms with E-state index in [0.29, 0.717) is 11.5 Å². The van der Waals surface area contributed by atoms with Crippen molar-refractivity contribution in [3.05, 3.63) is 40.2 Å². The van der Waals surface area contributed by atoms with Gasteiger partial charge in [-0.15, -0.1) is 11.3 Å². The summed E-state index contributed by atoms with van der Waals surface area (Å²) >= 11 is 1.69. The summed E-state index contributed by atoms with van der Waals surface area (Å²) in [5.74, 6) is 0.0472. The Hall–Kier alpha value is -2.08. The third-order valence-electron chi connectivity index (χ3n) is 3.10. The fraction of sp³-hybridized carbons (Fsp3) is 0.333. The van der Waals surface area contributed by atoms with Gasteiger partial charge in [0.05, 0.1) is 18.8 Å². The first kappa shape index (κ1) is 15.3. The lowest BCUT2D eigenvalue weighted by Crippen LogP contribution is -2.14. The number of pyridine rings is 1. The van der Waals surface area contributed by atoms with Crippen LogP contribution in [0.25, 0.3) is 0 Å². The van der Waals surface area contributed by atoms with Crippen molar-refractivity contribution in [2.45, 2.75) is 25.8 Å². The molecule has 1 atom stereocenters. The second-order valence-electron chi connectivity index (χ2n) is 4.63. The number of nitrogen functional groups attached to an aromatic ring is 1. The molecule has 0 aliphatic heterocycles. The zero-order valence-electron chi connectivity index (χ0n) is 12.1. The number of anilines is 2. The Balaban J connectivity index is 2.25. The number of ether oxygens (including phenoxy) is 1. The van der Waals surface area contributed by atoms with Gasteiger partial charge in [0, 0.05) is 4.88 Å². The molecule has 0 radical (unpaired) electrons. The Morgan fingerprint density at radius 3 is 2.90 bits per heavy atom. The van der Waals surface area contributed by atoms with E-state index in [1.807, 2.05) is 11.4 Å². The number of carbonyl (C=O) groups is 1. The number of hydrogen-bond donors (Lipinski definition) is 2. The van der Waals surface area contributed by atoms with Crippen molar-refractivity contribution in [2.75, 3.05) is 18.2 Å². The average Bonchev–Trinajstić information content (AvgIpc) is 3.02. The Morgan fingerprint density at radius 1 is 1.48 bits per heavy atom. The van der Waals surface area contributed by atoms with Crippen molar-refractivity contribution in [2.24, 2.45) is 0 Å². The third kappa shape index (κ3) is 3.72. The van der Waals surface area contributed by atoms with Crippen molar-refractivity contribution in [1.82, 2.24) is 4.98 Å². The summed E-state index contributed by atoms with van der Waals surface area (Å²) in [5.41, 5.74) is 6.72. The van der Waals surface area contributed by atoms with E-state index in [2.05, 4.69) is 28.0 Å². The number of methoxy groups -OCH3 is 1. The van der Waals surface area contributed by atoms with E-state index in [0.717, 1.165) is 12.8 Å². The summed E-state index contributed by atoms with van der Waals surface area (Å²) in [5, 5.41) is 5.38. The molecular formula is C15H19N3O2S. The van der Waals surface area contributed by atoms with Gasteiger partial charge in [0.1, 0.15) is 0 Å². The lowest BCUT2D eigenvalue weighted by molar-refractivity contribution is 0.0594. The average molecular weight is 305 g/mol. The summed E-state index contributed by atoms with van der Waals surface area (Å²) in [7, 11) is 1.33. The van der Waals surface area contributed by atoms with E-state index < -0.39 is 5.97 Å². The zero-order chi connectivity index (χ0) is 15.2. The van der Waals surface area contributed by atoms with Crippen molar-refractivity contribution in [3.8, 4) is 0 Å². The lowest BCUT2D eigenvalue weighted by Gasteiger charge is -2.19. The van der Waals surface area contributed by atoms with Gasteiger partial charge in [-0.2, -0.15) is 0 Å². The summed E-state index contributed by atoms with van der Waals surface area (Å²) in [6, 6.07) is 7.47. The van der Waals surface area contributed by atoms with Gasteiger partial charge in [-0.3, -0.25) is 0 Å². The summed E-state index contributed by atoms with van der Waals surface area (Å²) < 4.78 is 4.69. The standard InChI is InChI=1S/C15H19N3O2S/c1-3-5-11(13-6-4-9-21-13)17-14-10(16)7-8-12(18-14)15(19)20-2/h4,6-9,11H,3,5,16H2,1-2H3,(H,17,18). The number of esters is 1. The van der Waals surface area contributed by atoms with Crippen molar-refractivity contribution in [1.29, 1.82) is 0 Å². The van der Waals surface area contributed by atoms with Crippen LogP contribution in [0, 0.1) is 0 Å². The molecule has 0 spiro atoms. The fourth-order valence-electron chi connectivity index (χ4n) is 2.03. The monoisotopic (exact) mass is 305 g/mol. The first-order chi connectivity index (χ1) is 10.2. The van der Waals surface area contributed by atoms with Crippen LogP contribution in [-0.4, -0.2) is 18.1 Å². The van der Waals surface area contributed by atoms with E-state index in [4.69, 9.17) is 5.73 Å². The number of aromatic nitrogens is 1. The van der Waals surface area contributed by atoms with Crippen molar-refractivity contribution >= 4 is 28.8 Å². The maximum atomic E-state index is 11.6. The van der Waals surface area contributed by atoms with Gasteiger partial charge in [-0.25, -0.2) is 9.78 Å². The molecule has 2 aromatic rings. The topological polar surface area (TPSA) is 77.2 Å². The quantitative estimate of drug-likeness (QED) is 0.799. The highest BCUT2D eigenvalue weighted by Crippen LogP contribution is 2.29. The minimum atomic E-state index is -0.471. The van der Waals surface area contributed by atoms with Gasteiger partial charge in [-0.05, 0) is 30.0 Å². The van der Waals surface area contributed by atoms with Crippen LogP contribution >= 0.6 is 11.3 Å². The fourth-order valence-corrected chi connectivity index (χ4v) is 2.85. The van der Waals surface area contributed by atoms with Crippen LogP contribution in [0.2, 0.25) is 0 Å². The lowest BCUT2D eigenvalue weighted by atomic mass is 10.1. The minimum absolute atomic E-state index is 0.137. The Kier molecular flexibility index (Phi) is 5.16. The molecule has 0 bridgehead atoms. The number of carbonyl (C=O) groups excluding carboxylic acids is 1. The molecule has 0 aliphatic carbocycles. The molecule has 0 aliphatic rings. The van der Waals surface area contributed by atoms with Crippen LogP contribution in [0.15, 0.2) is 29.6 Å². The molecule has 1 unspecified atom stereocenters. The van der Waals surface area contributed by atoms with E-state index in [-0.39, 0.29) is 11.7 Å². The highest BCUT2D eigenvalue weighted by molar-refractivity contribution is 7.10. The van der Waals surface area contributed by atoms with Crippen LogP contribution in [0.4, 0.5) is 11.5 Å². The van der Waals surface area contributed by atoms with Gasteiger partial charge < -0.3 is 15.8 Å². The maximum absolute atomic E-state index is 11.6. The zero-order valence-corrected chi connectivity index (χ0v) is 12.9. The SMILES string of the molecule is CCCC(Nc1nc(C(=O)OC)ccc1N)c1cccs1. The normalized spacial score (nSPS) is 11.9. The van der Waals surface area contributed by atoms with Crippen LogP contribution < -0.4 is 11.1 Å². The van der Waals surface area contributed by atoms with Crippen molar-refractivity contribution < 1.29 is 9.53 Å². The molecule has 0 saturated carbocycles. The summed E-state index contributed by atoms with van der Waals surface area (Å²) in [4.78, 5) is 17.1. The number of thiophene rings is 1. The number of hydrogen-bond acceptors (Lipinski definition) is 6. The number of nitrogens with two attached hydrogens (primary N) is 1. The molecule has 5 nitrogen and oxygen atoms in total. The second-order valence-corrected chi connectivity index (χ2v) is 5.61. The van der Waals surface area contributed by atoms with E-state index in [1.54, 1.807) is 23.5 Å². The number of rotatable bonds is 6. The predicted molar refractivity (Wildman–Crippen MR) is 85.6 cm³/mol. The van der Waals surface area contributed by atoms with Gasteiger partial charge in [-0.1, -0.05) is 19.4 Å². The second kappa shape index (κ2) is 7.08. The highest BCUT2D eigenvalue weighted by Gasteiger charge is 2.16. The molecule has 6 heteroatoms. The summed E-state index contributed by atoms with van der Waals surface area (Å²) in [6.45, 7) is 2.13. The summed E-state index contributed by atoms with van der Waals surface area (Å²) in [6.07, 6.45) is 2.00. The smallest absolute Gasteiger partial charge is 0.356 e. The molecular weight excluding hydrogens is 286 g/mol. The molecule has 0 fully saturated rings. The van der Waals surface area contributed by atoms with Crippen LogP contribution in [0.1, 0.15) is 41.2 Å². The Morgan fingerprint density at radius 2 is 2.29 bits per heavy atom. The predicted octanol–water partition coefficient (Wildman–Crippen LogP) is 3.47. The first-order valence-electron chi connectivity index (χ1n) is 6.80. The van der Waals surface area contributed by atoms with Crippen molar-refractivity contribution in [3.63, 3.8) is 0 Å². The van der Waals surface area contributed by atoms with Gasteiger partial charge in [0.2, 0.25) is 0 Å². The van der Waals surface area contributed by atoms with E-state index in [9.17, 15) is 4.79 Å². The molecule has 2 heterocycles. The molecule has 2 rings (SSSR count). The third-order valence-corrected chi connectivity index (χ3v) is 4.08. The molecule has 0 saturated heterocycles. The molecule has 112 valence electrons. The van der Waals surface area contributed by atoms with Crippen LogP contribution in [0.5, 0.6) is 0 Å². The number of nitrogens with zero attached hydrogens (tertiary/aromatic N) is 1. The molecule has 3 N–H and O–H groups in total. The Labute approximate surface area is 128 Å². The number of nitrogens with one attached hydrogen (secondary N) is 1. The minimum Gasteiger partial charge on any atom is -0.464 e. The first-order valence-corrected chi connectivity index (χ1v) is 7.68. The molecule has 21 heavy (non-hydrogen) atoms. The van der Waals surface area contributed by atoms with Gasteiger partial charge in [0.15, 0.2) is 11.5 Å². The van der Waals surface area contributed by atoms with E-state index in [1.165, 1.54) is 12.0 Å². The van der Waals surface area contributed by atoms with E-state index >= 15 is 0 Å².